The molecule has 6 heteroatoms. The fourth-order valence-electron chi connectivity index (χ4n) is 5.82. The van der Waals surface area contributed by atoms with Gasteiger partial charge in [0.2, 0.25) is 0 Å². The maximum atomic E-state index is 12.6. The van der Waals surface area contributed by atoms with Crippen LogP contribution in [0.15, 0.2) is 48.6 Å². The third-order valence-electron chi connectivity index (χ3n) is 9.07. The summed E-state index contributed by atoms with van der Waals surface area (Å²) >= 11 is 0. The second-order valence-electron chi connectivity index (χ2n) is 14.2. The van der Waals surface area contributed by atoms with Crippen molar-refractivity contribution in [3.8, 4) is 0 Å². The predicted molar refractivity (Wildman–Crippen MR) is 219 cm³/mol. The van der Waals surface area contributed by atoms with Crippen LogP contribution >= 0.6 is 0 Å². The largest absolute Gasteiger partial charge is 0.462 e. The van der Waals surface area contributed by atoms with Gasteiger partial charge in [-0.15, -0.1) is 0 Å². The molecule has 0 fully saturated rings. The summed E-state index contributed by atoms with van der Waals surface area (Å²) in [6.45, 7) is 6.40. The molecule has 0 bridgehead atoms. The Bertz CT molecular complexity index is 933. The topological polar surface area (TPSA) is 78.9 Å². The van der Waals surface area contributed by atoms with Crippen molar-refractivity contribution < 1.29 is 28.6 Å². The van der Waals surface area contributed by atoms with Crippen LogP contribution in [0.3, 0.4) is 0 Å². The smallest absolute Gasteiger partial charge is 0.306 e. The molecule has 0 aliphatic rings. The highest BCUT2D eigenvalue weighted by Crippen LogP contribution is 2.14. The molecule has 0 spiro atoms. The molecule has 0 rings (SSSR count). The Balaban J connectivity index is 4.42. The van der Waals surface area contributed by atoms with E-state index in [1.54, 1.807) is 0 Å². The van der Waals surface area contributed by atoms with Crippen LogP contribution < -0.4 is 0 Å². The predicted octanol–water partition coefficient (Wildman–Crippen LogP) is 13.6. The molecular weight excluding hydrogens is 648 g/mol. The van der Waals surface area contributed by atoms with Crippen molar-refractivity contribution in [1.82, 2.24) is 0 Å². The van der Waals surface area contributed by atoms with Gasteiger partial charge in [-0.3, -0.25) is 14.4 Å². The van der Waals surface area contributed by atoms with Crippen molar-refractivity contribution in [2.24, 2.45) is 0 Å². The third-order valence-corrected chi connectivity index (χ3v) is 9.07. The SMILES string of the molecule is CC/C=C\C/C=C\C/C=C\CCCC(=O)OC(COC(=O)CCC/C=C\CCCCCC)COC(=O)CCCCCCCCCCCCCCCC. The lowest BCUT2D eigenvalue weighted by atomic mass is 10.0. The van der Waals surface area contributed by atoms with E-state index in [1.165, 1.54) is 96.3 Å². The lowest BCUT2D eigenvalue weighted by Gasteiger charge is -2.18. The average molecular weight is 729 g/mol. The number of carbonyl (C=O) groups is 3. The van der Waals surface area contributed by atoms with Crippen LogP contribution in [0.25, 0.3) is 0 Å². The quantitative estimate of drug-likeness (QED) is 0.0272. The van der Waals surface area contributed by atoms with Crippen LogP contribution in [0.5, 0.6) is 0 Å². The molecule has 0 aromatic heterocycles. The summed E-state index contributed by atoms with van der Waals surface area (Å²) in [5.74, 6) is -0.996. The standard InChI is InChI=1S/C46H80O6/c1-4-7-10-13-16-19-21-22-23-25-27-30-33-36-39-45(48)51-42-43(41-50-44(47)38-35-32-29-26-18-15-12-9-6-3)52-46(49)40-37-34-31-28-24-20-17-14-11-8-5-2/h8,11,17,20,26,28-29,31,43H,4-7,9-10,12-16,18-19,21-25,27,30,32-42H2,1-3H3/b11-8-,20-17-,29-26-,31-28-. The molecule has 1 atom stereocenters. The van der Waals surface area contributed by atoms with Crippen LogP contribution in [0.2, 0.25) is 0 Å². The minimum absolute atomic E-state index is 0.100. The summed E-state index contributed by atoms with van der Waals surface area (Å²) in [5, 5.41) is 0. The van der Waals surface area contributed by atoms with Crippen molar-refractivity contribution >= 4 is 17.9 Å². The fourth-order valence-corrected chi connectivity index (χ4v) is 5.82. The summed E-state index contributed by atoms with van der Waals surface area (Å²) in [4.78, 5) is 37.5. The van der Waals surface area contributed by atoms with Crippen molar-refractivity contribution in [2.75, 3.05) is 13.2 Å². The van der Waals surface area contributed by atoms with E-state index < -0.39 is 6.10 Å². The van der Waals surface area contributed by atoms with E-state index in [0.717, 1.165) is 57.8 Å². The Morgan fingerprint density at radius 2 is 0.769 bits per heavy atom. The van der Waals surface area contributed by atoms with E-state index in [9.17, 15) is 14.4 Å². The van der Waals surface area contributed by atoms with Crippen LogP contribution in [0.1, 0.15) is 207 Å². The minimum Gasteiger partial charge on any atom is -0.462 e. The molecule has 0 N–H and O–H groups in total. The molecule has 1 unspecified atom stereocenters. The summed E-state index contributed by atoms with van der Waals surface area (Å²) in [7, 11) is 0. The lowest BCUT2D eigenvalue weighted by Crippen LogP contribution is -2.30. The first-order valence-electron chi connectivity index (χ1n) is 21.6. The van der Waals surface area contributed by atoms with E-state index in [1.807, 2.05) is 0 Å². The zero-order valence-corrected chi connectivity index (χ0v) is 34.1. The number of hydrogen-bond acceptors (Lipinski definition) is 6. The van der Waals surface area contributed by atoms with Crippen molar-refractivity contribution in [2.45, 2.75) is 213 Å². The monoisotopic (exact) mass is 729 g/mol. The first-order chi connectivity index (χ1) is 25.5. The second kappa shape index (κ2) is 41.1. The Hall–Kier alpha value is -2.63. The van der Waals surface area contributed by atoms with Gasteiger partial charge in [-0.2, -0.15) is 0 Å². The zero-order valence-electron chi connectivity index (χ0n) is 34.1. The Morgan fingerprint density at radius 1 is 0.404 bits per heavy atom. The molecular formula is C46H80O6. The van der Waals surface area contributed by atoms with Gasteiger partial charge in [-0.1, -0.05) is 172 Å². The van der Waals surface area contributed by atoms with Gasteiger partial charge >= 0.3 is 17.9 Å². The molecule has 0 aromatic rings. The summed E-state index contributed by atoms with van der Waals surface area (Å²) in [5.41, 5.74) is 0. The van der Waals surface area contributed by atoms with Gasteiger partial charge in [-0.05, 0) is 64.2 Å². The normalized spacial score (nSPS) is 12.4. The number of hydrogen-bond donors (Lipinski definition) is 0. The van der Waals surface area contributed by atoms with Crippen molar-refractivity contribution in [3.63, 3.8) is 0 Å². The van der Waals surface area contributed by atoms with E-state index in [0.29, 0.717) is 25.7 Å². The van der Waals surface area contributed by atoms with Crippen molar-refractivity contribution in [1.29, 1.82) is 0 Å². The van der Waals surface area contributed by atoms with Gasteiger partial charge in [-0.25, -0.2) is 0 Å². The molecule has 0 saturated heterocycles. The molecule has 0 saturated carbocycles. The van der Waals surface area contributed by atoms with Crippen LogP contribution in [0, 0.1) is 0 Å². The molecule has 6 nitrogen and oxygen atoms in total. The van der Waals surface area contributed by atoms with E-state index in [4.69, 9.17) is 14.2 Å². The summed E-state index contributed by atoms with van der Waals surface area (Å²) in [6.07, 6.45) is 46.9. The number of ether oxygens (including phenoxy) is 3. The number of carbonyl (C=O) groups excluding carboxylic acids is 3. The van der Waals surface area contributed by atoms with Gasteiger partial charge in [0, 0.05) is 19.3 Å². The van der Waals surface area contributed by atoms with Gasteiger partial charge in [0.1, 0.15) is 13.2 Å². The van der Waals surface area contributed by atoms with E-state index in [-0.39, 0.29) is 37.5 Å². The molecule has 0 radical (unpaired) electrons. The lowest BCUT2D eigenvalue weighted by molar-refractivity contribution is -0.167. The molecule has 300 valence electrons. The number of unbranched alkanes of at least 4 members (excludes halogenated alkanes) is 19. The maximum absolute atomic E-state index is 12.6. The second-order valence-corrected chi connectivity index (χ2v) is 14.2. The fraction of sp³-hybridized carbons (Fsp3) is 0.761. The highest BCUT2D eigenvalue weighted by atomic mass is 16.6. The van der Waals surface area contributed by atoms with E-state index in [2.05, 4.69) is 69.4 Å². The Morgan fingerprint density at radius 3 is 1.27 bits per heavy atom. The van der Waals surface area contributed by atoms with Crippen LogP contribution in [0.4, 0.5) is 0 Å². The summed E-state index contributed by atoms with van der Waals surface area (Å²) in [6, 6.07) is 0. The van der Waals surface area contributed by atoms with Gasteiger partial charge < -0.3 is 14.2 Å². The zero-order chi connectivity index (χ0) is 38.0. The van der Waals surface area contributed by atoms with Crippen molar-refractivity contribution in [3.05, 3.63) is 48.6 Å². The highest BCUT2D eigenvalue weighted by Gasteiger charge is 2.19. The van der Waals surface area contributed by atoms with Crippen LogP contribution in [-0.2, 0) is 28.6 Å². The molecule has 0 aliphatic heterocycles. The molecule has 0 heterocycles. The number of esters is 3. The molecule has 0 aliphatic carbocycles. The highest BCUT2D eigenvalue weighted by molar-refractivity contribution is 5.71. The van der Waals surface area contributed by atoms with Crippen LogP contribution in [-0.4, -0.2) is 37.2 Å². The molecule has 52 heavy (non-hydrogen) atoms. The molecule has 0 amide bonds. The maximum Gasteiger partial charge on any atom is 0.306 e. The first kappa shape index (κ1) is 49.4. The number of allylic oxidation sites excluding steroid dienone is 8. The third kappa shape index (κ3) is 38.6. The van der Waals surface area contributed by atoms with Gasteiger partial charge in [0.05, 0.1) is 0 Å². The first-order valence-corrected chi connectivity index (χ1v) is 21.6. The average Bonchev–Trinajstić information content (AvgIpc) is 3.14. The summed E-state index contributed by atoms with van der Waals surface area (Å²) < 4.78 is 16.6. The van der Waals surface area contributed by atoms with Gasteiger partial charge in [0.25, 0.3) is 0 Å². The van der Waals surface area contributed by atoms with E-state index >= 15 is 0 Å². The minimum atomic E-state index is -0.804. The molecule has 0 aromatic carbocycles. The van der Waals surface area contributed by atoms with Gasteiger partial charge in [0.15, 0.2) is 6.10 Å². The Kier molecular flexibility index (Phi) is 39.1. The Labute approximate surface area is 320 Å². The number of rotatable bonds is 38.